The number of amides is 1. The van der Waals surface area contributed by atoms with Gasteiger partial charge in [-0.15, -0.1) is 10.2 Å². The van der Waals surface area contributed by atoms with Crippen molar-refractivity contribution in [3.63, 3.8) is 0 Å². The van der Waals surface area contributed by atoms with Crippen LogP contribution in [-0.4, -0.2) is 66.1 Å². The van der Waals surface area contributed by atoms with Crippen LogP contribution in [0.3, 0.4) is 0 Å². The van der Waals surface area contributed by atoms with E-state index in [1.165, 1.54) is 23.3 Å². The largest absolute Gasteiger partial charge is 0.389 e. The number of nitrogens with zero attached hydrogens (tertiary/aromatic N) is 3. The summed E-state index contributed by atoms with van der Waals surface area (Å²) in [5, 5.41) is 21.3. The minimum absolute atomic E-state index is 0.192. The second-order valence-corrected chi connectivity index (χ2v) is 5.11. The minimum atomic E-state index is -0.704. The summed E-state index contributed by atoms with van der Waals surface area (Å²) >= 11 is 1.21. The van der Waals surface area contributed by atoms with E-state index in [2.05, 4.69) is 15.5 Å². The predicted molar refractivity (Wildman–Crippen MR) is 73.5 cm³/mol. The number of aliphatic hydroxyl groups is 1. The Hall–Kier alpha value is -1.25. The van der Waals surface area contributed by atoms with E-state index in [4.69, 9.17) is 4.74 Å². The standard InChI is InChI=1S/C11H20N4O3S/c1-4-5-12-11-14-13-9(19-11)10(17)15(2)6-8(16)7-18-3/h8,16H,4-7H2,1-3H3,(H,12,14). The SMILES string of the molecule is CCCNc1nnc(C(=O)N(C)CC(O)COC)s1. The van der Waals surface area contributed by atoms with Crippen molar-refractivity contribution < 1.29 is 14.6 Å². The average Bonchev–Trinajstić information content (AvgIpc) is 2.84. The lowest BCUT2D eigenvalue weighted by Gasteiger charge is -2.18. The Balaban J connectivity index is 2.54. The van der Waals surface area contributed by atoms with Gasteiger partial charge in [0, 0.05) is 27.2 Å². The van der Waals surface area contributed by atoms with Crippen LogP contribution in [0, 0.1) is 0 Å². The number of nitrogens with one attached hydrogen (secondary N) is 1. The Bertz CT molecular complexity index is 399. The summed E-state index contributed by atoms with van der Waals surface area (Å²) in [4.78, 5) is 13.4. The Morgan fingerprint density at radius 2 is 2.32 bits per heavy atom. The van der Waals surface area contributed by atoms with Gasteiger partial charge in [0.25, 0.3) is 5.91 Å². The molecule has 0 saturated heterocycles. The van der Waals surface area contributed by atoms with E-state index in [-0.39, 0.29) is 19.1 Å². The lowest BCUT2D eigenvalue weighted by atomic mass is 10.3. The monoisotopic (exact) mass is 288 g/mol. The van der Waals surface area contributed by atoms with Gasteiger partial charge in [0.15, 0.2) is 0 Å². The minimum Gasteiger partial charge on any atom is -0.389 e. The van der Waals surface area contributed by atoms with Gasteiger partial charge in [-0.1, -0.05) is 18.3 Å². The highest BCUT2D eigenvalue weighted by molar-refractivity contribution is 7.17. The van der Waals surface area contributed by atoms with Gasteiger partial charge in [0.05, 0.1) is 12.7 Å². The molecule has 0 bridgehead atoms. The number of aliphatic hydroxyl groups excluding tert-OH is 1. The summed E-state index contributed by atoms with van der Waals surface area (Å²) < 4.78 is 4.82. The molecule has 1 heterocycles. The molecule has 108 valence electrons. The van der Waals surface area contributed by atoms with E-state index in [0.29, 0.717) is 10.1 Å². The van der Waals surface area contributed by atoms with E-state index in [0.717, 1.165) is 13.0 Å². The fraction of sp³-hybridized carbons (Fsp3) is 0.727. The third kappa shape index (κ3) is 5.09. The predicted octanol–water partition coefficient (Wildman–Crippen LogP) is 0.439. The van der Waals surface area contributed by atoms with Crippen LogP contribution in [0.1, 0.15) is 23.1 Å². The fourth-order valence-corrected chi connectivity index (χ4v) is 2.18. The van der Waals surface area contributed by atoms with Crippen LogP contribution in [0.4, 0.5) is 5.13 Å². The highest BCUT2D eigenvalue weighted by Gasteiger charge is 2.19. The van der Waals surface area contributed by atoms with Crippen LogP contribution in [0.5, 0.6) is 0 Å². The maximum atomic E-state index is 12.0. The third-order valence-electron chi connectivity index (χ3n) is 2.32. The number of anilines is 1. The van der Waals surface area contributed by atoms with E-state index in [1.54, 1.807) is 7.05 Å². The van der Waals surface area contributed by atoms with Crippen LogP contribution in [0.2, 0.25) is 0 Å². The van der Waals surface area contributed by atoms with Gasteiger partial charge in [-0.2, -0.15) is 0 Å². The normalized spacial score (nSPS) is 12.2. The second-order valence-electron chi connectivity index (χ2n) is 4.13. The van der Waals surface area contributed by atoms with Gasteiger partial charge in [0.1, 0.15) is 0 Å². The molecule has 1 atom stereocenters. The third-order valence-corrected chi connectivity index (χ3v) is 3.19. The van der Waals surface area contributed by atoms with Gasteiger partial charge in [-0.25, -0.2) is 0 Å². The first-order valence-electron chi connectivity index (χ1n) is 6.08. The van der Waals surface area contributed by atoms with Crippen LogP contribution in [0.25, 0.3) is 0 Å². The van der Waals surface area contributed by atoms with Crippen LogP contribution in [-0.2, 0) is 4.74 Å². The van der Waals surface area contributed by atoms with Crippen LogP contribution >= 0.6 is 11.3 Å². The smallest absolute Gasteiger partial charge is 0.284 e. The molecular weight excluding hydrogens is 268 g/mol. The lowest BCUT2D eigenvalue weighted by Crippen LogP contribution is -2.36. The zero-order valence-electron chi connectivity index (χ0n) is 11.4. The van der Waals surface area contributed by atoms with E-state index >= 15 is 0 Å². The van der Waals surface area contributed by atoms with Gasteiger partial charge in [0.2, 0.25) is 10.1 Å². The lowest BCUT2D eigenvalue weighted by molar-refractivity contribution is 0.0380. The van der Waals surface area contributed by atoms with Crippen molar-refractivity contribution in [1.29, 1.82) is 0 Å². The first-order valence-corrected chi connectivity index (χ1v) is 6.90. The van der Waals surface area contributed by atoms with Crippen molar-refractivity contribution in [2.75, 3.05) is 39.2 Å². The van der Waals surface area contributed by atoms with E-state index in [9.17, 15) is 9.90 Å². The molecule has 2 N–H and O–H groups in total. The van der Waals surface area contributed by atoms with Crippen molar-refractivity contribution in [3.8, 4) is 0 Å². The molecule has 8 heteroatoms. The molecule has 1 unspecified atom stereocenters. The molecule has 7 nitrogen and oxygen atoms in total. The summed E-state index contributed by atoms with van der Waals surface area (Å²) in [6.07, 6.45) is 0.274. The maximum Gasteiger partial charge on any atom is 0.284 e. The van der Waals surface area contributed by atoms with Crippen molar-refractivity contribution in [2.24, 2.45) is 0 Å². The fourth-order valence-electron chi connectivity index (χ4n) is 1.42. The number of methoxy groups -OCH3 is 1. The van der Waals surface area contributed by atoms with Crippen molar-refractivity contribution in [1.82, 2.24) is 15.1 Å². The van der Waals surface area contributed by atoms with Gasteiger partial charge in [-0.05, 0) is 6.42 Å². The number of carbonyl (C=O) groups is 1. The van der Waals surface area contributed by atoms with Crippen molar-refractivity contribution in [3.05, 3.63) is 5.01 Å². The summed E-state index contributed by atoms with van der Waals surface area (Å²) in [7, 11) is 3.11. The molecule has 0 aromatic carbocycles. The number of ether oxygens (including phenoxy) is 1. The summed E-state index contributed by atoms with van der Waals surface area (Å²) in [5.41, 5.74) is 0. The molecule has 0 fully saturated rings. The van der Waals surface area contributed by atoms with E-state index < -0.39 is 6.10 Å². The zero-order chi connectivity index (χ0) is 14.3. The molecule has 1 aromatic heterocycles. The topological polar surface area (TPSA) is 87.6 Å². The second kappa shape index (κ2) is 8.03. The molecule has 19 heavy (non-hydrogen) atoms. The molecular formula is C11H20N4O3S. The quantitative estimate of drug-likeness (QED) is 0.721. The van der Waals surface area contributed by atoms with E-state index in [1.807, 2.05) is 6.92 Å². The first-order chi connectivity index (χ1) is 9.08. The molecule has 0 radical (unpaired) electrons. The molecule has 0 spiro atoms. The first kappa shape index (κ1) is 15.8. The van der Waals surface area contributed by atoms with Crippen LogP contribution in [0.15, 0.2) is 0 Å². The zero-order valence-corrected chi connectivity index (χ0v) is 12.2. The summed E-state index contributed by atoms with van der Waals surface area (Å²) in [6.45, 7) is 3.23. The van der Waals surface area contributed by atoms with Crippen molar-refractivity contribution >= 4 is 22.4 Å². The number of carbonyl (C=O) groups excluding carboxylic acids is 1. The number of aromatic nitrogens is 2. The highest BCUT2D eigenvalue weighted by atomic mass is 32.1. The molecule has 0 aliphatic carbocycles. The van der Waals surface area contributed by atoms with Gasteiger partial charge < -0.3 is 20.1 Å². The molecule has 0 saturated carbocycles. The number of likely N-dealkylation sites (N-methyl/N-ethyl adjacent to an activating group) is 1. The average molecular weight is 288 g/mol. The van der Waals surface area contributed by atoms with Crippen molar-refractivity contribution in [2.45, 2.75) is 19.4 Å². The molecule has 1 aromatic rings. The Morgan fingerprint density at radius 3 is 2.95 bits per heavy atom. The Kier molecular flexibility index (Phi) is 6.68. The maximum absolute atomic E-state index is 12.0. The molecule has 1 amide bonds. The summed E-state index contributed by atoms with van der Waals surface area (Å²) in [5.74, 6) is -0.253. The van der Waals surface area contributed by atoms with Crippen LogP contribution < -0.4 is 5.32 Å². The highest BCUT2D eigenvalue weighted by Crippen LogP contribution is 2.16. The summed E-state index contributed by atoms with van der Waals surface area (Å²) in [6, 6.07) is 0. The van der Waals surface area contributed by atoms with Gasteiger partial charge in [-0.3, -0.25) is 4.79 Å². The number of hydrogen-bond donors (Lipinski definition) is 2. The Morgan fingerprint density at radius 1 is 1.58 bits per heavy atom. The number of rotatable bonds is 8. The molecule has 0 aliphatic heterocycles. The Labute approximate surface area is 116 Å². The molecule has 1 rings (SSSR count). The van der Waals surface area contributed by atoms with Gasteiger partial charge >= 0.3 is 0 Å². The molecule has 0 aliphatic rings. The number of hydrogen-bond acceptors (Lipinski definition) is 7.